The summed E-state index contributed by atoms with van der Waals surface area (Å²) >= 11 is 0. The van der Waals surface area contributed by atoms with Gasteiger partial charge in [0.05, 0.1) is 21.3 Å². The summed E-state index contributed by atoms with van der Waals surface area (Å²) in [6.45, 7) is 4.42. The number of rotatable bonds is 7. The van der Waals surface area contributed by atoms with E-state index in [1.165, 1.54) is 30.4 Å². The van der Waals surface area contributed by atoms with Gasteiger partial charge >= 0.3 is 0 Å². The maximum Gasteiger partial charge on any atom is 0.161 e. The Balaban J connectivity index is 1.95. The number of benzene rings is 2. The molecule has 0 spiro atoms. The van der Waals surface area contributed by atoms with Gasteiger partial charge in [0.2, 0.25) is 0 Å². The van der Waals surface area contributed by atoms with Crippen LogP contribution in [0.15, 0.2) is 42.5 Å². The highest BCUT2D eigenvalue weighted by Crippen LogP contribution is 2.31. The SMILES string of the molecule is COc1ccc(/C(=C\c2ccc(OC)c(OC)c2)CN2CCCC[C@H]2C)cc1. The summed E-state index contributed by atoms with van der Waals surface area (Å²) in [6.07, 6.45) is 6.13. The first-order valence-corrected chi connectivity index (χ1v) is 9.95. The zero-order valence-electron chi connectivity index (χ0n) is 17.4. The number of methoxy groups -OCH3 is 3. The second-order valence-corrected chi connectivity index (χ2v) is 7.33. The summed E-state index contributed by atoms with van der Waals surface area (Å²) < 4.78 is 16.2. The monoisotopic (exact) mass is 381 g/mol. The van der Waals surface area contributed by atoms with Crippen LogP contribution in [0, 0.1) is 0 Å². The van der Waals surface area contributed by atoms with Crippen LogP contribution in [0.2, 0.25) is 0 Å². The molecule has 0 N–H and O–H groups in total. The van der Waals surface area contributed by atoms with Crippen LogP contribution in [0.1, 0.15) is 37.3 Å². The number of nitrogens with zero attached hydrogens (tertiary/aromatic N) is 1. The fraction of sp³-hybridized carbons (Fsp3) is 0.417. The van der Waals surface area contributed by atoms with Crippen molar-refractivity contribution in [3.8, 4) is 17.2 Å². The third-order valence-electron chi connectivity index (χ3n) is 5.52. The molecule has 0 bridgehead atoms. The lowest BCUT2D eigenvalue weighted by atomic mass is 9.98. The van der Waals surface area contributed by atoms with E-state index in [0.717, 1.165) is 35.9 Å². The first-order chi connectivity index (χ1) is 13.6. The molecule has 2 aromatic carbocycles. The predicted molar refractivity (Wildman–Crippen MR) is 115 cm³/mol. The number of likely N-dealkylation sites (tertiary alicyclic amines) is 1. The van der Waals surface area contributed by atoms with Crippen LogP contribution < -0.4 is 14.2 Å². The lowest BCUT2D eigenvalue weighted by Gasteiger charge is -2.34. The van der Waals surface area contributed by atoms with Gasteiger partial charge in [-0.1, -0.05) is 24.6 Å². The van der Waals surface area contributed by atoms with E-state index in [-0.39, 0.29) is 0 Å². The minimum absolute atomic E-state index is 0.612. The second kappa shape index (κ2) is 9.65. The Labute approximate surface area is 168 Å². The van der Waals surface area contributed by atoms with Gasteiger partial charge in [-0.05, 0) is 73.4 Å². The Hall–Kier alpha value is -2.46. The molecule has 150 valence electrons. The third-order valence-corrected chi connectivity index (χ3v) is 5.52. The molecule has 0 amide bonds. The third kappa shape index (κ3) is 4.87. The Morgan fingerprint density at radius 3 is 2.36 bits per heavy atom. The van der Waals surface area contributed by atoms with E-state index in [1.807, 2.05) is 24.3 Å². The fourth-order valence-corrected chi connectivity index (χ4v) is 3.78. The minimum atomic E-state index is 0.612. The second-order valence-electron chi connectivity index (χ2n) is 7.33. The van der Waals surface area contributed by atoms with Gasteiger partial charge in [-0.25, -0.2) is 0 Å². The smallest absolute Gasteiger partial charge is 0.161 e. The maximum atomic E-state index is 5.48. The zero-order valence-corrected chi connectivity index (χ0v) is 17.4. The van der Waals surface area contributed by atoms with Crippen LogP contribution in [-0.4, -0.2) is 45.4 Å². The highest BCUT2D eigenvalue weighted by molar-refractivity contribution is 5.83. The van der Waals surface area contributed by atoms with Gasteiger partial charge in [0.15, 0.2) is 11.5 Å². The molecule has 0 unspecified atom stereocenters. The Morgan fingerprint density at radius 1 is 0.964 bits per heavy atom. The quantitative estimate of drug-likeness (QED) is 0.622. The Bertz CT molecular complexity index is 798. The highest BCUT2D eigenvalue weighted by atomic mass is 16.5. The molecule has 1 heterocycles. The van der Waals surface area contributed by atoms with E-state index in [4.69, 9.17) is 14.2 Å². The molecule has 4 heteroatoms. The van der Waals surface area contributed by atoms with Crippen LogP contribution in [0.3, 0.4) is 0 Å². The van der Waals surface area contributed by atoms with Crippen molar-refractivity contribution in [1.29, 1.82) is 0 Å². The Morgan fingerprint density at radius 2 is 1.71 bits per heavy atom. The average Bonchev–Trinajstić information content (AvgIpc) is 2.74. The minimum Gasteiger partial charge on any atom is -0.497 e. The van der Waals surface area contributed by atoms with E-state index in [2.05, 4.69) is 36.1 Å². The molecule has 0 radical (unpaired) electrons. The Kier molecular flexibility index (Phi) is 6.99. The molecule has 1 saturated heterocycles. The van der Waals surface area contributed by atoms with Gasteiger partial charge in [-0.15, -0.1) is 0 Å². The lowest BCUT2D eigenvalue weighted by molar-refractivity contribution is 0.182. The molecule has 3 rings (SSSR count). The van der Waals surface area contributed by atoms with Crippen LogP contribution >= 0.6 is 0 Å². The van der Waals surface area contributed by atoms with Crippen LogP contribution in [0.4, 0.5) is 0 Å². The zero-order chi connectivity index (χ0) is 19.9. The number of ether oxygens (including phenoxy) is 3. The van der Waals surface area contributed by atoms with Crippen molar-refractivity contribution in [1.82, 2.24) is 4.90 Å². The van der Waals surface area contributed by atoms with Crippen molar-refractivity contribution >= 4 is 11.6 Å². The van der Waals surface area contributed by atoms with E-state index in [9.17, 15) is 0 Å². The summed E-state index contributed by atoms with van der Waals surface area (Å²) in [7, 11) is 5.03. The van der Waals surface area contributed by atoms with Gasteiger partial charge < -0.3 is 14.2 Å². The summed E-state index contributed by atoms with van der Waals surface area (Å²) in [5, 5.41) is 0. The molecule has 1 fully saturated rings. The standard InChI is InChI=1S/C24H31NO3/c1-18-7-5-6-14-25(18)17-21(20-9-11-22(26-2)12-10-20)15-19-8-13-23(27-3)24(16-19)28-4/h8-13,15-16,18H,5-7,14,17H2,1-4H3/b21-15-/t18-/m1/s1. The molecule has 2 aromatic rings. The molecule has 28 heavy (non-hydrogen) atoms. The maximum absolute atomic E-state index is 5.48. The number of piperidine rings is 1. The normalized spacial score (nSPS) is 18.0. The van der Waals surface area contributed by atoms with E-state index in [1.54, 1.807) is 21.3 Å². The molecule has 0 aromatic heterocycles. The summed E-state index contributed by atoms with van der Waals surface area (Å²) in [5.41, 5.74) is 3.62. The molecule has 0 saturated carbocycles. The highest BCUT2D eigenvalue weighted by Gasteiger charge is 2.19. The topological polar surface area (TPSA) is 30.9 Å². The molecular formula is C24H31NO3. The molecule has 1 aliphatic heterocycles. The molecule has 4 nitrogen and oxygen atoms in total. The predicted octanol–water partition coefficient (Wildman–Crippen LogP) is 5.13. The van der Waals surface area contributed by atoms with Gasteiger partial charge in [0, 0.05) is 12.6 Å². The summed E-state index contributed by atoms with van der Waals surface area (Å²) in [4.78, 5) is 2.58. The first-order valence-electron chi connectivity index (χ1n) is 9.95. The van der Waals surface area contributed by atoms with Crippen molar-refractivity contribution in [3.05, 3.63) is 53.6 Å². The van der Waals surface area contributed by atoms with Crippen LogP contribution in [-0.2, 0) is 0 Å². The number of hydrogen-bond donors (Lipinski definition) is 0. The lowest BCUT2D eigenvalue weighted by Crippen LogP contribution is -2.38. The molecule has 1 aliphatic rings. The van der Waals surface area contributed by atoms with Gasteiger partial charge in [-0.3, -0.25) is 4.90 Å². The van der Waals surface area contributed by atoms with E-state index < -0.39 is 0 Å². The molecule has 1 atom stereocenters. The van der Waals surface area contributed by atoms with Crippen molar-refractivity contribution in [3.63, 3.8) is 0 Å². The average molecular weight is 382 g/mol. The molecular weight excluding hydrogens is 350 g/mol. The van der Waals surface area contributed by atoms with Crippen molar-refractivity contribution in [2.75, 3.05) is 34.4 Å². The van der Waals surface area contributed by atoms with Gasteiger partial charge in [0.25, 0.3) is 0 Å². The fourth-order valence-electron chi connectivity index (χ4n) is 3.78. The van der Waals surface area contributed by atoms with E-state index in [0.29, 0.717) is 6.04 Å². The van der Waals surface area contributed by atoms with Crippen molar-refractivity contribution in [2.45, 2.75) is 32.2 Å². The van der Waals surface area contributed by atoms with Crippen LogP contribution in [0.5, 0.6) is 17.2 Å². The summed E-state index contributed by atoms with van der Waals surface area (Å²) in [6, 6.07) is 15.0. The first kappa shape index (κ1) is 20.3. The number of hydrogen-bond acceptors (Lipinski definition) is 4. The van der Waals surface area contributed by atoms with Crippen molar-refractivity contribution in [2.24, 2.45) is 0 Å². The van der Waals surface area contributed by atoms with Gasteiger partial charge in [0.1, 0.15) is 5.75 Å². The largest absolute Gasteiger partial charge is 0.497 e. The van der Waals surface area contributed by atoms with E-state index >= 15 is 0 Å². The summed E-state index contributed by atoms with van der Waals surface area (Å²) in [5.74, 6) is 2.37. The molecule has 0 aliphatic carbocycles. The van der Waals surface area contributed by atoms with Crippen LogP contribution in [0.25, 0.3) is 11.6 Å². The van der Waals surface area contributed by atoms with Gasteiger partial charge in [-0.2, -0.15) is 0 Å². The van der Waals surface area contributed by atoms with Crippen molar-refractivity contribution < 1.29 is 14.2 Å².